The van der Waals surface area contributed by atoms with Crippen LogP contribution in [0.4, 0.5) is 4.79 Å². The van der Waals surface area contributed by atoms with E-state index in [1.165, 1.54) is 11.3 Å². The normalized spacial score (nSPS) is 25.6. The van der Waals surface area contributed by atoms with Crippen molar-refractivity contribution in [1.29, 1.82) is 0 Å². The number of nitrogens with zero attached hydrogens (tertiary/aromatic N) is 2. The average molecular weight is 416 g/mol. The van der Waals surface area contributed by atoms with Crippen LogP contribution in [0.2, 0.25) is 0 Å². The monoisotopic (exact) mass is 415 g/mol. The third-order valence-electron chi connectivity index (χ3n) is 7.09. The Labute approximate surface area is 178 Å². The predicted molar refractivity (Wildman–Crippen MR) is 113 cm³/mol. The molecule has 4 rings (SSSR count). The van der Waals surface area contributed by atoms with Crippen molar-refractivity contribution in [3.63, 3.8) is 0 Å². The van der Waals surface area contributed by atoms with Crippen LogP contribution in [0.3, 0.4) is 0 Å². The molecule has 0 radical (unpaired) electrons. The lowest BCUT2D eigenvalue weighted by Crippen LogP contribution is -2.56. The standard InChI is InChI=1S/C23H33N3O4/c1-4-16(3)13-25-10-8-18(9-11-25)23(5-2)21(27)26(22(28)24-23)14-17-6-7-19-20(12-17)30-15-29-19/h6-7,12,16,18H,4-5,8-11,13-15H2,1-3H3,(H,24,28)/t16-,23+/m0/s1. The largest absolute Gasteiger partial charge is 0.454 e. The summed E-state index contributed by atoms with van der Waals surface area (Å²) < 4.78 is 10.8. The Kier molecular flexibility index (Phi) is 5.91. The first kappa shape index (κ1) is 21.0. The Morgan fingerprint density at radius 1 is 1.17 bits per heavy atom. The van der Waals surface area contributed by atoms with Gasteiger partial charge in [-0.05, 0) is 61.9 Å². The SMILES string of the molecule is CC[C@H](C)CN1CCC([C@@]2(CC)NC(=O)N(Cc3ccc4c(c3)OCO4)C2=O)CC1. The van der Waals surface area contributed by atoms with Gasteiger partial charge in [0.2, 0.25) is 6.79 Å². The zero-order chi connectivity index (χ0) is 21.3. The molecule has 0 spiro atoms. The molecule has 1 N–H and O–H groups in total. The lowest BCUT2D eigenvalue weighted by molar-refractivity contribution is -0.134. The molecule has 2 atom stereocenters. The van der Waals surface area contributed by atoms with Crippen molar-refractivity contribution in [3.8, 4) is 11.5 Å². The number of hydrogen-bond donors (Lipinski definition) is 1. The number of amides is 3. The van der Waals surface area contributed by atoms with Crippen LogP contribution >= 0.6 is 0 Å². The molecule has 1 aromatic carbocycles. The fraction of sp³-hybridized carbons (Fsp3) is 0.652. The minimum Gasteiger partial charge on any atom is -0.454 e. The Bertz CT molecular complexity index is 806. The van der Waals surface area contributed by atoms with Crippen molar-refractivity contribution in [1.82, 2.24) is 15.1 Å². The summed E-state index contributed by atoms with van der Waals surface area (Å²) in [7, 11) is 0. The Morgan fingerprint density at radius 3 is 2.60 bits per heavy atom. The van der Waals surface area contributed by atoms with Gasteiger partial charge in [0.05, 0.1) is 6.54 Å². The van der Waals surface area contributed by atoms with Gasteiger partial charge in [0, 0.05) is 6.54 Å². The number of piperidine rings is 1. The van der Waals surface area contributed by atoms with Gasteiger partial charge in [0.1, 0.15) is 5.54 Å². The maximum Gasteiger partial charge on any atom is 0.325 e. The summed E-state index contributed by atoms with van der Waals surface area (Å²) in [4.78, 5) is 30.2. The molecule has 2 fully saturated rings. The zero-order valence-corrected chi connectivity index (χ0v) is 18.3. The number of carbonyl (C=O) groups excluding carboxylic acids is 2. The first-order chi connectivity index (χ1) is 14.5. The molecule has 3 amide bonds. The molecular formula is C23H33N3O4. The Balaban J connectivity index is 1.45. The molecule has 0 aliphatic carbocycles. The van der Waals surface area contributed by atoms with E-state index in [0.29, 0.717) is 23.8 Å². The average Bonchev–Trinajstić information content (AvgIpc) is 3.32. The molecule has 0 saturated carbocycles. The molecule has 3 heterocycles. The summed E-state index contributed by atoms with van der Waals surface area (Å²) in [6, 6.07) is 5.27. The van der Waals surface area contributed by atoms with E-state index in [9.17, 15) is 9.59 Å². The lowest BCUT2D eigenvalue weighted by Gasteiger charge is -2.41. The summed E-state index contributed by atoms with van der Waals surface area (Å²) in [5, 5.41) is 3.09. The number of urea groups is 1. The lowest BCUT2D eigenvalue weighted by atomic mass is 9.75. The smallest absolute Gasteiger partial charge is 0.325 e. The molecule has 164 valence electrons. The molecule has 2 saturated heterocycles. The third kappa shape index (κ3) is 3.75. The first-order valence-corrected chi connectivity index (χ1v) is 11.2. The number of hydrogen-bond acceptors (Lipinski definition) is 5. The molecule has 0 unspecified atom stereocenters. The molecule has 3 aliphatic heterocycles. The van der Waals surface area contributed by atoms with Crippen molar-refractivity contribution in [2.24, 2.45) is 11.8 Å². The highest BCUT2D eigenvalue weighted by Gasteiger charge is 2.54. The van der Waals surface area contributed by atoms with E-state index in [1.54, 1.807) is 0 Å². The summed E-state index contributed by atoms with van der Waals surface area (Å²) in [6.07, 6.45) is 3.68. The summed E-state index contributed by atoms with van der Waals surface area (Å²) >= 11 is 0. The van der Waals surface area contributed by atoms with Crippen LogP contribution in [0, 0.1) is 11.8 Å². The topological polar surface area (TPSA) is 71.1 Å². The molecule has 0 aromatic heterocycles. The number of carbonyl (C=O) groups is 2. The number of imide groups is 1. The Hall–Kier alpha value is -2.28. The van der Waals surface area contributed by atoms with Crippen molar-refractivity contribution < 1.29 is 19.1 Å². The van der Waals surface area contributed by atoms with Crippen LogP contribution in [0.15, 0.2) is 18.2 Å². The van der Waals surface area contributed by atoms with Gasteiger partial charge in [-0.2, -0.15) is 0 Å². The number of rotatable bonds is 7. The maximum atomic E-state index is 13.5. The predicted octanol–water partition coefficient (Wildman–Crippen LogP) is 3.37. The molecule has 3 aliphatic rings. The van der Waals surface area contributed by atoms with Crippen LogP contribution in [0.1, 0.15) is 52.0 Å². The Morgan fingerprint density at radius 2 is 1.90 bits per heavy atom. The summed E-state index contributed by atoms with van der Waals surface area (Å²) in [5.74, 6) is 2.13. The van der Waals surface area contributed by atoms with Crippen LogP contribution in [-0.2, 0) is 11.3 Å². The van der Waals surface area contributed by atoms with Gasteiger partial charge in [-0.3, -0.25) is 9.69 Å². The summed E-state index contributed by atoms with van der Waals surface area (Å²) in [5.41, 5.74) is 0.0774. The van der Waals surface area contributed by atoms with Crippen LogP contribution in [0.25, 0.3) is 0 Å². The van der Waals surface area contributed by atoms with Crippen molar-refractivity contribution in [2.75, 3.05) is 26.4 Å². The number of ether oxygens (including phenoxy) is 2. The van der Waals surface area contributed by atoms with Gasteiger partial charge in [-0.25, -0.2) is 4.79 Å². The number of nitrogens with one attached hydrogen (secondary N) is 1. The van der Waals surface area contributed by atoms with Gasteiger partial charge < -0.3 is 19.7 Å². The van der Waals surface area contributed by atoms with E-state index in [1.807, 2.05) is 25.1 Å². The van der Waals surface area contributed by atoms with Crippen LogP contribution < -0.4 is 14.8 Å². The van der Waals surface area contributed by atoms with Crippen LogP contribution in [-0.4, -0.2) is 53.7 Å². The van der Waals surface area contributed by atoms with Gasteiger partial charge in [0.25, 0.3) is 5.91 Å². The molecule has 7 heteroatoms. The summed E-state index contributed by atoms with van der Waals surface area (Å²) in [6.45, 7) is 10.1. The van der Waals surface area contributed by atoms with Gasteiger partial charge >= 0.3 is 6.03 Å². The van der Waals surface area contributed by atoms with E-state index < -0.39 is 5.54 Å². The van der Waals surface area contributed by atoms with E-state index in [4.69, 9.17) is 9.47 Å². The van der Waals surface area contributed by atoms with Gasteiger partial charge in [0.15, 0.2) is 11.5 Å². The number of fused-ring (bicyclic) bond motifs is 1. The highest BCUT2D eigenvalue weighted by Crippen LogP contribution is 2.38. The molecule has 7 nitrogen and oxygen atoms in total. The van der Waals surface area contributed by atoms with Crippen LogP contribution in [0.5, 0.6) is 11.5 Å². The first-order valence-electron chi connectivity index (χ1n) is 11.2. The fourth-order valence-electron chi connectivity index (χ4n) is 4.99. The van der Waals surface area contributed by atoms with E-state index in [0.717, 1.165) is 38.0 Å². The van der Waals surface area contributed by atoms with Crippen molar-refractivity contribution in [3.05, 3.63) is 23.8 Å². The van der Waals surface area contributed by atoms with Gasteiger partial charge in [-0.1, -0.05) is 33.3 Å². The van der Waals surface area contributed by atoms with E-state index in [-0.39, 0.29) is 31.2 Å². The maximum absolute atomic E-state index is 13.5. The minimum absolute atomic E-state index is 0.0898. The number of benzene rings is 1. The van der Waals surface area contributed by atoms with Gasteiger partial charge in [-0.15, -0.1) is 0 Å². The zero-order valence-electron chi connectivity index (χ0n) is 18.3. The minimum atomic E-state index is -0.782. The molecule has 1 aromatic rings. The fourth-order valence-corrected chi connectivity index (χ4v) is 4.99. The van der Waals surface area contributed by atoms with E-state index in [2.05, 4.69) is 24.1 Å². The second-order valence-corrected chi connectivity index (χ2v) is 8.92. The second-order valence-electron chi connectivity index (χ2n) is 8.92. The number of likely N-dealkylation sites (tertiary alicyclic amines) is 1. The second kappa shape index (κ2) is 8.46. The third-order valence-corrected chi connectivity index (χ3v) is 7.09. The molecule has 30 heavy (non-hydrogen) atoms. The van der Waals surface area contributed by atoms with E-state index >= 15 is 0 Å². The molecular weight excluding hydrogens is 382 g/mol. The highest BCUT2D eigenvalue weighted by molar-refractivity contribution is 6.07. The van der Waals surface area contributed by atoms with Crippen molar-refractivity contribution in [2.45, 2.75) is 58.5 Å². The molecule has 0 bridgehead atoms. The highest BCUT2D eigenvalue weighted by atomic mass is 16.7. The quantitative estimate of drug-likeness (QED) is 0.692. The van der Waals surface area contributed by atoms with Crippen molar-refractivity contribution >= 4 is 11.9 Å².